The molecule has 0 N–H and O–H groups in total. The molecule has 4 rings (SSSR count). The maximum Gasteiger partial charge on any atom is 0.163 e. The van der Waals surface area contributed by atoms with Gasteiger partial charge in [0.25, 0.3) is 0 Å². The zero-order valence-corrected chi connectivity index (χ0v) is 13.3. The highest BCUT2D eigenvalue weighted by Crippen LogP contribution is 2.31. The van der Waals surface area contributed by atoms with Crippen LogP contribution in [0.1, 0.15) is 11.5 Å². The van der Waals surface area contributed by atoms with Crippen LogP contribution in [0.2, 0.25) is 0 Å². The minimum Gasteiger partial charge on any atom is -0.454 e. The second-order valence-electron chi connectivity index (χ2n) is 5.07. The van der Waals surface area contributed by atoms with Gasteiger partial charge in [-0.2, -0.15) is 5.26 Å². The molecule has 4 aromatic rings. The monoisotopic (exact) mass is 329 g/mol. The summed E-state index contributed by atoms with van der Waals surface area (Å²) in [5, 5.41) is 10.2. The second kappa shape index (κ2) is 6.11. The van der Waals surface area contributed by atoms with Gasteiger partial charge in [0.05, 0.1) is 21.5 Å². The zero-order valence-electron chi connectivity index (χ0n) is 12.5. The number of para-hydroxylation sites is 1. The number of aromatic nitrogens is 2. The van der Waals surface area contributed by atoms with E-state index in [1.807, 2.05) is 48.5 Å². The van der Waals surface area contributed by atoms with Crippen LogP contribution in [-0.2, 0) is 0 Å². The van der Waals surface area contributed by atoms with E-state index < -0.39 is 0 Å². The third kappa shape index (κ3) is 2.71. The van der Waals surface area contributed by atoms with Gasteiger partial charge in [-0.25, -0.2) is 4.98 Å². The molecule has 24 heavy (non-hydrogen) atoms. The minimum absolute atomic E-state index is 0.459. The van der Waals surface area contributed by atoms with Gasteiger partial charge in [-0.05, 0) is 36.4 Å². The Balaban J connectivity index is 1.69. The maximum absolute atomic E-state index is 9.35. The molecule has 0 saturated heterocycles. The molecule has 0 fully saturated rings. The van der Waals surface area contributed by atoms with E-state index in [1.54, 1.807) is 29.7 Å². The van der Waals surface area contributed by atoms with Crippen LogP contribution in [0.4, 0.5) is 0 Å². The standard InChI is InChI=1S/C19H11N3OS/c20-12-13(15-5-3-4-10-21-15)11-14-8-9-17(23-14)19-22-16-6-1-2-7-18(16)24-19/h1-11H/b13-11+. The number of pyridine rings is 1. The zero-order chi connectivity index (χ0) is 16.4. The lowest BCUT2D eigenvalue weighted by molar-refractivity contribution is 0.571. The van der Waals surface area contributed by atoms with Gasteiger partial charge in [-0.3, -0.25) is 4.98 Å². The van der Waals surface area contributed by atoms with E-state index in [2.05, 4.69) is 16.0 Å². The molecular weight excluding hydrogens is 318 g/mol. The third-order valence-electron chi connectivity index (χ3n) is 3.48. The largest absolute Gasteiger partial charge is 0.454 e. The molecule has 0 atom stereocenters. The van der Waals surface area contributed by atoms with Crippen molar-refractivity contribution >= 4 is 33.2 Å². The van der Waals surface area contributed by atoms with E-state index in [0.717, 1.165) is 15.2 Å². The Morgan fingerprint density at radius 1 is 1.08 bits per heavy atom. The Bertz CT molecular complexity index is 1040. The maximum atomic E-state index is 9.35. The van der Waals surface area contributed by atoms with E-state index in [1.165, 1.54) is 0 Å². The third-order valence-corrected chi connectivity index (χ3v) is 4.53. The molecule has 0 amide bonds. The molecule has 0 aliphatic heterocycles. The summed E-state index contributed by atoms with van der Waals surface area (Å²) in [7, 11) is 0. The summed E-state index contributed by atoms with van der Waals surface area (Å²) in [5.74, 6) is 1.30. The van der Waals surface area contributed by atoms with Crippen LogP contribution < -0.4 is 0 Å². The summed E-state index contributed by atoms with van der Waals surface area (Å²) in [4.78, 5) is 8.78. The van der Waals surface area contributed by atoms with Crippen molar-refractivity contribution in [3.63, 3.8) is 0 Å². The highest BCUT2D eigenvalue weighted by Gasteiger charge is 2.10. The first-order valence-corrected chi connectivity index (χ1v) is 8.14. The van der Waals surface area contributed by atoms with Gasteiger partial charge in [0, 0.05) is 12.3 Å². The molecule has 0 spiro atoms. The molecule has 0 unspecified atom stereocenters. The van der Waals surface area contributed by atoms with Crippen LogP contribution in [0.5, 0.6) is 0 Å². The fraction of sp³-hybridized carbons (Fsp3) is 0. The quantitative estimate of drug-likeness (QED) is 0.495. The van der Waals surface area contributed by atoms with Crippen LogP contribution in [0.25, 0.3) is 32.6 Å². The highest BCUT2D eigenvalue weighted by molar-refractivity contribution is 7.21. The smallest absolute Gasteiger partial charge is 0.163 e. The van der Waals surface area contributed by atoms with Gasteiger partial charge >= 0.3 is 0 Å². The molecule has 3 aromatic heterocycles. The molecule has 3 heterocycles. The topological polar surface area (TPSA) is 62.7 Å². The number of furan rings is 1. The summed E-state index contributed by atoms with van der Waals surface area (Å²) in [6.07, 6.45) is 3.36. The normalized spacial score (nSPS) is 11.5. The van der Waals surface area contributed by atoms with E-state index in [4.69, 9.17) is 4.42 Å². The van der Waals surface area contributed by atoms with Crippen molar-refractivity contribution in [2.75, 3.05) is 0 Å². The fourth-order valence-electron chi connectivity index (χ4n) is 2.35. The predicted molar refractivity (Wildman–Crippen MR) is 95.0 cm³/mol. The van der Waals surface area contributed by atoms with Crippen molar-refractivity contribution in [3.8, 4) is 16.8 Å². The SMILES string of the molecule is N#C/C(=C\c1ccc(-c2nc3ccccc3s2)o1)c1ccccn1. The Morgan fingerprint density at radius 2 is 1.96 bits per heavy atom. The molecular formula is C19H11N3OS. The Morgan fingerprint density at radius 3 is 2.75 bits per heavy atom. The average molecular weight is 329 g/mol. The average Bonchev–Trinajstić information content (AvgIpc) is 3.27. The number of benzene rings is 1. The summed E-state index contributed by atoms with van der Waals surface area (Å²) in [5.41, 5.74) is 2.04. The molecule has 0 bridgehead atoms. The van der Waals surface area contributed by atoms with Crippen LogP contribution in [0.15, 0.2) is 65.2 Å². The van der Waals surface area contributed by atoms with E-state index in [0.29, 0.717) is 22.8 Å². The molecule has 1 aromatic carbocycles. The molecule has 114 valence electrons. The highest BCUT2D eigenvalue weighted by atomic mass is 32.1. The van der Waals surface area contributed by atoms with Crippen molar-refractivity contribution in [2.24, 2.45) is 0 Å². The van der Waals surface area contributed by atoms with E-state index in [9.17, 15) is 5.26 Å². The Hall–Kier alpha value is -3.23. The van der Waals surface area contributed by atoms with Crippen LogP contribution in [0.3, 0.4) is 0 Å². The summed E-state index contributed by atoms with van der Waals surface area (Å²) in [6.45, 7) is 0. The van der Waals surface area contributed by atoms with Crippen molar-refractivity contribution in [2.45, 2.75) is 0 Å². The van der Waals surface area contributed by atoms with E-state index in [-0.39, 0.29) is 0 Å². The first-order chi connectivity index (χ1) is 11.8. The lowest BCUT2D eigenvalue weighted by atomic mass is 10.1. The summed E-state index contributed by atoms with van der Waals surface area (Å²) >= 11 is 1.58. The number of nitrogens with zero attached hydrogens (tertiary/aromatic N) is 3. The van der Waals surface area contributed by atoms with Gasteiger partial charge in [-0.1, -0.05) is 18.2 Å². The van der Waals surface area contributed by atoms with Crippen molar-refractivity contribution < 1.29 is 4.42 Å². The number of allylic oxidation sites excluding steroid dienone is 1. The van der Waals surface area contributed by atoms with Gasteiger partial charge in [0.15, 0.2) is 10.8 Å². The van der Waals surface area contributed by atoms with Gasteiger partial charge < -0.3 is 4.42 Å². The lowest BCUT2D eigenvalue weighted by Gasteiger charge is -1.96. The summed E-state index contributed by atoms with van der Waals surface area (Å²) < 4.78 is 6.96. The number of thiazole rings is 1. The number of nitriles is 1. The van der Waals surface area contributed by atoms with Crippen molar-refractivity contribution in [3.05, 3.63) is 72.2 Å². The first kappa shape index (κ1) is 14.4. The molecule has 0 aliphatic rings. The Labute approximate surface area is 142 Å². The molecule has 0 saturated carbocycles. The molecule has 5 heteroatoms. The van der Waals surface area contributed by atoms with Gasteiger partial charge in [0.1, 0.15) is 11.8 Å². The van der Waals surface area contributed by atoms with Crippen molar-refractivity contribution in [1.29, 1.82) is 5.26 Å². The van der Waals surface area contributed by atoms with E-state index >= 15 is 0 Å². The number of fused-ring (bicyclic) bond motifs is 1. The van der Waals surface area contributed by atoms with Crippen LogP contribution in [-0.4, -0.2) is 9.97 Å². The lowest BCUT2D eigenvalue weighted by Crippen LogP contribution is -1.84. The Kier molecular flexibility index (Phi) is 3.66. The van der Waals surface area contributed by atoms with Gasteiger partial charge in [0.2, 0.25) is 0 Å². The number of rotatable bonds is 3. The number of hydrogen-bond donors (Lipinski definition) is 0. The first-order valence-electron chi connectivity index (χ1n) is 7.32. The molecule has 0 radical (unpaired) electrons. The molecule has 0 aliphatic carbocycles. The van der Waals surface area contributed by atoms with Gasteiger partial charge in [-0.15, -0.1) is 11.3 Å². The second-order valence-corrected chi connectivity index (χ2v) is 6.10. The minimum atomic E-state index is 0.459. The number of hydrogen-bond acceptors (Lipinski definition) is 5. The van der Waals surface area contributed by atoms with Crippen LogP contribution in [0, 0.1) is 11.3 Å². The fourth-order valence-corrected chi connectivity index (χ4v) is 3.28. The predicted octanol–water partition coefficient (Wildman–Crippen LogP) is 5.02. The molecule has 4 nitrogen and oxygen atoms in total. The van der Waals surface area contributed by atoms with Crippen molar-refractivity contribution in [1.82, 2.24) is 9.97 Å². The summed E-state index contributed by atoms with van der Waals surface area (Å²) in [6, 6.07) is 19.3. The van der Waals surface area contributed by atoms with Crippen LogP contribution >= 0.6 is 11.3 Å².